The summed E-state index contributed by atoms with van der Waals surface area (Å²) in [7, 11) is 0. The van der Waals surface area contributed by atoms with Gasteiger partial charge >= 0.3 is 0 Å². The molecule has 2 aliphatic rings. The van der Waals surface area contributed by atoms with Crippen molar-refractivity contribution in [2.24, 2.45) is 0 Å². The van der Waals surface area contributed by atoms with Crippen LogP contribution in [0.5, 0.6) is 0 Å². The lowest BCUT2D eigenvalue weighted by Crippen LogP contribution is -2.36. The minimum Gasteiger partial charge on any atom is -0.350 e. The molecule has 34 heavy (non-hydrogen) atoms. The summed E-state index contributed by atoms with van der Waals surface area (Å²) < 4.78 is 0. The van der Waals surface area contributed by atoms with Crippen LogP contribution in [0.4, 0.5) is 0 Å². The van der Waals surface area contributed by atoms with E-state index in [9.17, 15) is 14.4 Å². The number of amides is 3. The van der Waals surface area contributed by atoms with E-state index in [2.05, 4.69) is 22.3 Å². The molecule has 1 saturated heterocycles. The number of carbonyl (C=O) groups excluding carboxylic acids is 3. The highest BCUT2D eigenvalue weighted by molar-refractivity contribution is 6.21. The van der Waals surface area contributed by atoms with E-state index >= 15 is 0 Å². The molecule has 0 aliphatic carbocycles. The number of benzene rings is 3. The van der Waals surface area contributed by atoms with Crippen LogP contribution < -0.4 is 5.32 Å². The van der Waals surface area contributed by atoms with E-state index in [1.54, 1.807) is 48.5 Å². The lowest BCUT2D eigenvalue weighted by molar-refractivity contribution is 0.0641. The second-order valence-electron chi connectivity index (χ2n) is 8.82. The van der Waals surface area contributed by atoms with Gasteiger partial charge in [0.1, 0.15) is 0 Å². The van der Waals surface area contributed by atoms with Crippen molar-refractivity contribution in [1.82, 2.24) is 15.1 Å². The molecule has 0 radical (unpaired) electrons. The molecule has 2 heterocycles. The molecule has 2 aliphatic heterocycles. The number of carbonyl (C=O) groups is 3. The van der Waals surface area contributed by atoms with Crippen molar-refractivity contribution in [3.05, 3.63) is 107 Å². The average Bonchev–Trinajstić information content (AvgIpc) is 3.49. The first-order valence-electron chi connectivity index (χ1n) is 11.7. The Morgan fingerprint density at radius 1 is 0.794 bits per heavy atom. The van der Waals surface area contributed by atoms with Crippen molar-refractivity contribution >= 4 is 17.7 Å². The Morgan fingerprint density at radius 2 is 1.38 bits per heavy atom. The minimum absolute atomic E-state index is 0.132. The number of rotatable bonds is 7. The third-order valence-corrected chi connectivity index (χ3v) is 6.66. The molecule has 1 N–H and O–H groups in total. The van der Waals surface area contributed by atoms with E-state index in [4.69, 9.17) is 0 Å². The van der Waals surface area contributed by atoms with Gasteiger partial charge in [0.05, 0.1) is 23.7 Å². The fourth-order valence-electron chi connectivity index (χ4n) is 4.80. The molecule has 0 aromatic heterocycles. The molecule has 1 fully saturated rings. The highest BCUT2D eigenvalue weighted by Gasteiger charge is 2.35. The second-order valence-corrected chi connectivity index (χ2v) is 8.82. The molecule has 3 aromatic carbocycles. The summed E-state index contributed by atoms with van der Waals surface area (Å²) in [6.45, 7) is 2.81. The molecule has 6 heteroatoms. The summed E-state index contributed by atoms with van der Waals surface area (Å²) in [5.41, 5.74) is 3.44. The molecule has 3 aromatic rings. The van der Waals surface area contributed by atoms with Crippen molar-refractivity contribution in [3.63, 3.8) is 0 Å². The maximum absolute atomic E-state index is 12.9. The fraction of sp³-hybridized carbons (Fsp3) is 0.250. The highest BCUT2D eigenvalue weighted by Crippen LogP contribution is 2.25. The summed E-state index contributed by atoms with van der Waals surface area (Å²) in [6, 6.07) is 24.4. The molecule has 0 saturated carbocycles. The van der Waals surface area contributed by atoms with Gasteiger partial charge in [-0.15, -0.1) is 0 Å². The van der Waals surface area contributed by atoms with Crippen LogP contribution in [-0.2, 0) is 6.54 Å². The first kappa shape index (κ1) is 22.0. The number of nitrogens with one attached hydrogen (secondary N) is 1. The lowest BCUT2D eigenvalue weighted by atomic mass is 10.1. The molecule has 172 valence electrons. The number of nitrogens with zero attached hydrogens (tertiary/aromatic N) is 2. The largest absolute Gasteiger partial charge is 0.350 e. The zero-order chi connectivity index (χ0) is 23.5. The van der Waals surface area contributed by atoms with Crippen molar-refractivity contribution in [2.75, 3.05) is 19.6 Å². The predicted octanol–water partition coefficient (Wildman–Crippen LogP) is 4.05. The molecule has 1 atom stereocenters. The van der Waals surface area contributed by atoms with Gasteiger partial charge in [-0.05, 0) is 61.3 Å². The van der Waals surface area contributed by atoms with Crippen molar-refractivity contribution in [1.29, 1.82) is 0 Å². The molecule has 6 nitrogen and oxygen atoms in total. The standard InChI is InChI=1S/C28H27N3O3/c32-26(29-18-25(30-16-6-7-17-30)21-8-2-1-3-9-21)22-14-12-20(13-15-22)19-31-27(33)23-10-4-5-11-24(23)28(31)34/h1-5,8-15,25H,6-7,16-19H2,(H,29,32)/t25-/m0/s1. The predicted molar refractivity (Wildman–Crippen MR) is 129 cm³/mol. The summed E-state index contributed by atoms with van der Waals surface area (Å²) in [5, 5.41) is 3.09. The van der Waals surface area contributed by atoms with E-state index in [0.717, 1.165) is 18.7 Å². The van der Waals surface area contributed by atoms with Crippen LogP contribution in [0.2, 0.25) is 0 Å². The minimum atomic E-state index is -0.281. The summed E-state index contributed by atoms with van der Waals surface area (Å²) in [5.74, 6) is -0.694. The van der Waals surface area contributed by atoms with E-state index in [1.807, 2.05) is 18.2 Å². The van der Waals surface area contributed by atoms with Gasteiger partial charge in [0.25, 0.3) is 17.7 Å². The van der Waals surface area contributed by atoms with Crippen LogP contribution in [0.1, 0.15) is 61.1 Å². The molecule has 5 rings (SSSR count). The quantitative estimate of drug-likeness (QED) is 0.548. The fourth-order valence-corrected chi connectivity index (χ4v) is 4.80. The molecule has 0 bridgehead atoms. The van der Waals surface area contributed by atoms with Crippen LogP contribution in [0.25, 0.3) is 0 Å². The van der Waals surface area contributed by atoms with Crippen molar-refractivity contribution < 1.29 is 14.4 Å². The molecule has 0 unspecified atom stereocenters. The average molecular weight is 454 g/mol. The topological polar surface area (TPSA) is 69.7 Å². The Balaban J connectivity index is 1.23. The zero-order valence-electron chi connectivity index (χ0n) is 18.9. The Kier molecular flexibility index (Phi) is 6.23. The van der Waals surface area contributed by atoms with Gasteiger partial charge in [0.2, 0.25) is 0 Å². The van der Waals surface area contributed by atoms with Crippen molar-refractivity contribution in [3.8, 4) is 0 Å². The Bertz CT molecular complexity index is 1170. The van der Waals surface area contributed by atoms with Crippen LogP contribution in [0.15, 0.2) is 78.9 Å². The first-order chi connectivity index (χ1) is 16.6. The number of fused-ring (bicyclic) bond motifs is 1. The molecule has 0 spiro atoms. The highest BCUT2D eigenvalue weighted by atomic mass is 16.2. The van der Waals surface area contributed by atoms with Crippen molar-refractivity contribution in [2.45, 2.75) is 25.4 Å². The van der Waals surface area contributed by atoms with Gasteiger partial charge in [-0.3, -0.25) is 24.2 Å². The maximum Gasteiger partial charge on any atom is 0.261 e. The third kappa shape index (κ3) is 4.37. The van der Waals surface area contributed by atoms with Crippen LogP contribution in [0.3, 0.4) is 0 Å². The molecule has 3 amide bonds. The number of hydrogen-bond acceptors (Lipinski definition) is 4. The van der Waals surface area contributed by atoms with E-state index < -0.39 is 0 Å². The summed E-state index contributed by atoms with van der Waals surface area (Å²) >= 11 is 0. The van der Waals surface area contributed by atoms with Gasteiger partial charge in [0.15, 0.2) is 0 Å². The maximum atomic E-state index is 12.9. The number of hydrogen-bond donors (Lipinski definition) is 1. The molecular formula is C28H27N3O3. The Labute approximate surface area is 199 Å². The van der Waals surface area contributed by atoms with Crippen LogP contribution in [0, 0.1) is 0 Å². The second kappa shape index (κ2) is 9.61. The summed E-state index contributed by atoms with van der Waals surface area (Å²) in [6.07, 6.45) is 2.37. The van der Waals surface area contributed by atoms with Crippen LogP contribution in [-0.4, -0.2) is 47.2 Å². The first-order valence-corrected chi connectivity index (χ1v) is 11.7. The van der Waals surface area contributed by atoms with Crippen LogP contribution >= 0.6 is 0 Å². The van der Waals surface area contributed by atoms with Gasteiger partial charge in [-0.25, -0.2) is 0 Å². The Hall–Kier alpha value is -3.77. The van der Waals surface area contributed by atoms with Gasteiger partial charge in [-0.2, -0.15) is 0 Å². The zero-order valence-corrected chi connectivity index (χ0v) is 18.9. The number of likely N-dealkylation sites (tertiary alicyclic amines) is 1. The summed E-state index contributed by atoms with van der Waals surface area (Å²) in [4.78, 5) is 41.7. The van der Waals surface area contributed by atoms with Gasteiger partial charge < -0.3 is 5.32 Å². The van der Waals surface area contributed by atoms with Gasteiger partial charge in [-0.1, -0.05) is 54.6 Å². The third-order valence-electron chi connectivity index (χ3n) is 6.66. The smallest absolute Gasteiger partial charge is 0.261 e. The van der Waals surface area contributed by atoms with E-state index in [1.165, 1.54) is 23.3 Å². The van der Waals surface area contributed by atoms with E-state index in [0.29, 0.717) is 23.2 Å². The molecular weight excluding hydrogens is 426 g/mol. The van der Waals surface area contributed by atoms with E-state index in [-0.39, 0.29) is 30.3 Å². The normalized spacial score (nSPS) is 16.5. The Morgan fingerprint density at radius 3 is 2.00 bits per heavy atom. The SMILES string of the molecule is O=C(NC[C@@H](c1ccccc1)N1CCCC1)c1ccc(CN2C(=O)c3ccccc3C2=O)cc1. The van der Waals surface area contributed by atoms with Gasteiger partial charge in [0, 0.05) is 12.1 Å². The monoisotopic (exact) mass is 453 g/mol. The lowest BCUT2D eigenvalue weighted by Gasteiger charge is -2.28. The number of imide groups is 1.